The van der Waals surface area contributed by atoms with Gasteiger partial charge in [0.2, 0.25) is 0 Å². The summed E-state index contributed by atoms with van der Waals surface area (Å²) in [7, 11) is -2.58. The normalized spacial score (nSPS) is 11.4. The van der Waals surface area contributed by atoms with Gasteiger partial charge in [-0.2, -0.15) is 0 Å². The highest BCUT2D eigenvalue weighted by molar-refractivity contribution is 7.92. The second-order valence-electron chi connectivity index (χ2n) is 5.04. The van der Waals surface area contributed by atoms with E-state index in [1.54, 1.807) is 25.1 Å². The summed E-state index contributed by atoms with van der Waals surface area (Å²) in [6, 6.07) is 10.5. The van der Waals surface area contributed by atoms with Crippen LogP contribution >= 0.6 is 0 Å². The number of sulfonamides is 1. The van der Waals surface area contributed by atoms with Gasteiger partial charge in [0.05, 0.1) is 17.6 Å². The second kappa shape index (κ2) is 5.97. The molecule has 0 fully saturated rings. The summed E-state index contributed by atoms with van der Waals surface area (Å²) in [5.41, 5.74) is 1.48. The number of anilines is 1. The maximum absolute atomic E-state index is 12.5. The summed E-state index contributed by atoms with van der Waals surface area (Å²) < 4.78 is 37.4. The minimum atomic E-state index is -3.83. The number of nitrogens with one attached hydrogen (secondary N) is 1. The van der Waals surface area contributed by atoms with Crippen molar-refractivity contribution in [3.05, 3.63) is 53.9 Å². The first-order valence-corrected chi connectivity index (χ1v) is 8.46. The Bertz CT molecular complexity index is 1020. The first-order valence-electron chi connectivity index (χ1n) is 6.97. The predicted octanol–water partition coefficient (Wildman–Crippen LogP) is 2.72. The zero-order valence-corrected chi connectivity index (χ0v) is 13.8. The van der Waals surface area contributed by atoms with E-state index in [-0.39, 0.29) is 16.1 Å². The summed E-state index contributed by atoms with van der Waals surface area (Å²) >= 11 is 0. The molecule has 0 bridgehead atoms. The van der Waals surface area contributed by atoms with Crippen molar-refractivity contribution in [1.29, 1.82) is 0 Å². The van der Waals surface area contributed by atoms with E-state index in [1.807, 2.05) is 0 Å². The number of oxazole rings is 1. The monoisotopic (exact) mass is 346 g/mol. The van der Waals surface area contributed by atoms with Crippen LogP contribution in [0.5, 0.6) is 0 Å². The van der Waals surface area contributed by atoms with E-state index in [1.165, 1.54) is 31.4 Å². The second-order valence-corrected chi connectivity index (χ2v) is 6.72. The highest BCUT2D eigenvalue weighted by Crippen LogP contribution is 2.22. The van der Waals surface area contributed by atoms with E-state index < -0.39 is 16.0 Å². The Morgan fingerprint density at radius 1 is 1.21 bits per heavy atom. The Hall–Kier alpha value is -2.87. The number of nitrogens with zero attached hydrogens (tertiary/aromatic N) is 1. The molecular formula is C16H14N2O5S. The standard InChI is InChI=1S/C16H14N2O5S/c1-10-17-14-7-6-13(9-15(14)23-10)24(20,21)18-12-5-3-4-11(8-12)16(19)22-2/h3-9,18H,1-2H3. The maximum atomic E-state index is 12.5. The lowest BCUT2D eigenvalue weighted by atomic mass is 10.2. The number of aromatic nitrogens is 1. The van der Waals surface area contributed by atoms with Crippen LogP contribution in [0.4, 0.5) is 5.69 Å². The zero-order valence-electron chi connectivity index (χ0n) is 12.9. The SMILES string of the molecule is COC(=O)c1cccc(NS(=O)(=O)c2ccc3nc(C)oc3c2)c1. The highest BCUT2D eigenvalue weighted by atomic mass is 32.2. The molecule has 0 amide bonds. The molecular weight excluding hydrogens is 332 g/mol. The van der Waals surface area contributed by atoms with E-state index in [0.717, 1.165) is 0 Å². The van der Waals surface area contributed by atoms with Gasteiger partial charge in [-0.05, 0) is 30.3 Å². The largest absolute Gasteiger partial charge is 0.465 e. The molecule has 0 unspecified atom stereocenters. The minimum Gasteiger partial charge on any atom is -0.465 e. The van der Waals surface area contributed by atoms with E-state index >= 15 is 0 Å². The van der Waals surface area contributed by atoms with E-state index in [9.17, 15) is 13.2 Å². The zero-order chi connectivity index (χ0) is 17.3. The molecule has 1 aromatic heterocycles. The number of ether oxygens (including phenoxy) is 1. The lowest BCUT2D eigenvalue weighted by molar-refractivity contribution is 0.0601. The molecule has 0 aliphatic rings. The summed E-state index contributed by atoms with van der Waals surface area (Å²) in [6.45, 7) is 1.69. The highest BCUT2D eigenvalue weighted by Gasteiger charge is 2.17. The van der Waals surface area contributed by atoms with E-state index in [0.29, 0.717) is 17.0 Å². The molecule has 0 aliphatic carbocycles. The molecule has 7 nitrogen and oxygen atoms in total. The number of methoxy groups -OCH3 is 1. The van der Waals surface area contributed by atoms with Crippen LogP contribution in [0.2, 0.25) is 0 Å². The molecule has 3 aromatic rings. The van der Waals surface area contributed by atoms with Crippen molar-refractivity contribution in [2.75, 3.05) is 11.8 Å². The number of carbonyl (C=O) groups is 1. The molecule has 124 valence electrons. The topological polar surface area (TPSA) is 98.5 Å². The van der Waals surface area contributed by atoms with Gasteiger partial charge in [0.25, 0.3) is 10.0 Å². The average molecular weight is 346 g/mol. The molecule has 8 heteroatoms. The van der Waals surface area contributed by atoms with Gasteiger partial charge in [0.1, 0.15) is 5.52 Å². The molecule has 1 heterocycles. The molecule has 3 rings (SSSR count). The van der Waals surface area contributed by atoms with Crippen LogP contribution in [0, 0.1) is 6.92 Å². The lowest BCUT2D eigenvalue weighted by Crippen LogP contribution is -2.13. The van der Waals surface area contributed by atoms with Crippen LogP contribution in [0.15, 0.2) is 51.8 Å². The van der Waals surface area contributed by atoms with Crippen LogP contribution in [-0.2, 0) is 14.8 Å². The molecule has 1 N–H and O–H groups in total. The molecule has 0 radical (unpaired) electrons. The van der Waals surface area contributed by atoms with E-state index in [2.05, 4.69) is 14.4 Å². The van der Waals surface area contributed by atoms with Crippen molar-refractivity contribution in [3.63, 3.8) is 0 Å². The van der Waals surface area contributed by atoms with Crippen molar-refractivity contribution in [1.82, 2.24) is 4.98 Å². The van der Waals surface area contributed by atoms with Crippen LogP contribution in [-0.4, -0.2) is 26.5 Å². The molecule has 0 saturated carbocycles. The smallest absolute Gasteiger partial charge is 0.337 e. The van der Waals surface area contributed by atoms with Gasteiger partial charge < -0.3 is 9.15 Å². The quantitative estimate of drug-likeness (QED) is 0.729. The Morgan fingerprint density at radius 3 is 2.75 bits per heavy atom. The summed E-state index contributed by atoms with van der Waals surface area (Å²) in [6.07, 6.45) is 0. The number of benzene rings is 2. The molecule has 0 spiro atoms. The number of hydrogen-bond donors (Lipinski definition) is 1. The summed E-state index contributed by atoms with van der Waals surface area (Å²) in [5.74, 6) is -0.0899. The first kappa shape index (κ1) is 16.0. The Morgan fingerprint density at radius 2 is 2.00 bits per heavy atom. The van der Waals surface area contributed by atoms with Crippen LogP contribution in [0.25, 0.3) is 11.1 Å². The maximum Gasteiger partial charge on any atom is 0.337 e. The minimum absolute atomic E-state index is 0.0367. The third kappa shape index (κ3) is 3.09. The third-order valence-electron chi connectivity index (χ3n) is 3.31. The Balaban J connectivity index is 1.93. The molecule has 0 atom stereocenters. The molecule has 0 saturated heterocycles. The number of aryl methyl sites for hydroxylation is 1. The van der Waals surface area contributed by atoms with Crippen LogP contribution in [0.3, 0.4) is 0 Å². The fraction of sp³-hybridized carbons (Fsp3) is 0.125. The molecule has 0 aliphatic heterocycles. The lowest BCUT2D eigenvalue weighted by Gasteiger charge is -2.09. The van der Waals surface area contributed by atoms with Gasteiger partial charge >= 0.3 is 5.97 Å². The van der Waals surface area contributed by atoms with Crippen LogP contribution in [0.1, 0.15) is 16.2 Å². The fourth-order valence-electron chi connectivity index (χ4n) is 2.23. The van der Waals surface area contributed by atoms with Gasteiger partial charge in [0, 0.05) is 18.7 Å². The molecule has 24 heavy (non-hydrogen) atoms. The number of carbonyl (C=O) groups excluding carboxylic acids is 1. The van der Waals surface area contributed by atoms with Crippen molar-refractivity contribution in [2.45, 2.75) is 11.8 Å². The number of esters is 1. The number of fused-ring (bicyclic) bond motifs is 1. The first-order chi connectivity index (χ1) is 11.4. The van der Waals surface area contributed by atoms with Gasteiger partial charge in [0.15, 0.2) is 11.5 Å². The van der Waals surface area contributed by atoms with Gasteiger partial charge in [-0.1, -0.05) is 6.07 Å². The number of rotatable bonds is 4. The molecule has 2 aromatic carbocycles. The van der Waals surface area contributed by atoms with Crippen LogP contribution < -0.4 is 4.72 Å². The van der Waals surface area contributed by atoms with Gasteiger partial charge in [-0.15, -0.1) is 0 Å². The predicted molar refractivity (Wildman–Crippen MR) is 87.3 cm³/mol. The van der Waals surface area contributed by atoms with Crippen molar-refractivity contribution in [2.24, 2.45) is 0 Å². The Labute approximate surface area is 138 Å². The Kier molecular flexibility index (Phi) is 3.98. The third-order valence-corrected chi connectivity index (χ3v) is 4.69. The number of hydrogen-bond acceptors (Lipinski definition) is 6. The average Bonchev–Trinajstić information content (AvgIpc) is 2.93. The summed E-state index contributed by atoms with van der Waals surface area (Å²) in [4.78, 5) is 15.7. The van der Waals surface area contributed by atoms with Crippen molar-refractivity contribution >= 4 is 32.8 Å². The summed E-state index contributed by atoms with van der Waals surface area (Å²) in [5, 5.41) is 0. The van der Waals surface area contributed by atoms with E-state index in [4.69, 9.17) is 4.42 Å². The van der Waals surface area contributed by atoms with Gasteiger partial charge in [-0.3, -0.25) is 4.72 Å². The fourth-order valence-corrected chi connectivity index (χ4v) is 3.29. The van der Waals surface area contributed by atoms with Crippen molar-refractivity contribution in [3.8, 4) is 0 Å². The van der Waals surface area contributed by atoms with Gasteiger partial charge in [-0.25, -0.2) is 18.2 Å². The van der Waals surface area contributed by atoms with Crippen molar-refractivity contribution < 1.29 is 22.4 Å².